The van der Waals surface area contributed by atoms with Gasteiger partial charge in [-0.3, -0.25) is 4.79 Å². The highest BCUT2D eigenvalue weighted by Crippen LogP contribution is 2.27. The summed E-state index contributed by atoms with van der Waals surface area (Å²) in [5.41, 5.74) is 1.10. The number of anilines is 1. The SMILES string of the molecule is Cc1ccc(NC(=O)C(C)(C)[C@H](O)C(C)C)cc1. The summed E-state index contributed by atoms with van der Waals surface area (Å²) in [5.74, 6) is -0.115. The second-order valence-electron chi connectivity index (χ2n) is 5.73. The van der Waals surface area contributed by atoms with Gasteiger partial charge in [-0.05, 0) is 38.8 Å². The summed E-state index contributed by atoms with van der Waals surface area (Å²) in [7, 11) is 0. The maximum absolute atomic E-state index is 12.2. The maximum atomic E-state index is 12.2. The Morgan fingerprint density at radius 3 is 2.17 bits per heavy atom. The lowest BCUT2D eigenvalue weighted by Crippen LogP contribution is -2.43. The molecule has 0 saturated heterocycles. The summed E-state index contributed by atoms with van der Waals surface area (Å²) < 4.78 is 0. The number of aliphatic hydroxyl groups is 1. The van der Waals surface area contributed by atoms with Gasteiger partial charge in [0.25, 0.3) is 0 Å². The van der Waals surface area contributed by atoms with Crippen LogP contribution in [0.2, 0.25) is 0 Å². The van der Waals surface area contributed by atoms with Crippen molar-refractivity contribution < 1.29 is 9.90 Å². The molecule has 0 heterocycles. The van der Waals surface area contributed by atoms with E-state index in [1.54, 1.807) is 13.8 Å². The molecule has 0 aliphatic rings. The molecular formula is C15H23NO2. The summed E-state index contributed by atoms with van der Waals surface area (Å²) in [4.78, 5) is 12.2. The van der Waals surface area contributed by atoms with Gasteiger partial charge in [-0.2, -0.15) is 0 Å². The zero-order valence-corrected chi connectivity index (χ0v) is 11.8. The third kappa shape index (κ3) is 3.33. The van der Waals surface area contributed by atoms with Crippen LogP contribution in [0.5, 0.6) is 0 Å². The lowest BCUT2D eigenvalue weighted by molar-refractivity contribution is -0.131. The van der Waals surface area contributed by atoms with E-state index in [2.05, 4.69) is 5.32 Å². The van der Waals surface area contributed by atoms with Crippen LogP contribution >= 0.6 is 0 Å². The molecule has 0 aliphatic carbocycles. The molecule has 0 aromatic heterocycles. The number of benzene rings is 1. The molecule has 1 rings (SSSR count). The van der Waals surface area contributed by atoms with E-state index in [0.717, 1.165) is 11.3 Å². The van der Waals surface area contributed by atoms with E-state index < -0.39 is 11.5 Å². The molecule has 100 valence electrons. The van der Waals surface area contributed by atoms with Gasteiger partial charge in [-0.25, -0.2) is 0 Å². The minimum atomic E-state index is -0.806. The van der Waals surface area contributed by atoms with Gasteiger partial charge in [-0.15, -0.1) is 0 Å². The lowest BCUT2D eigenvalue weighted by atomic mass is 9.80. The summed E-state index contributed by atoms with van der Waals surface area (Å²) in [6.07, 6.45) is -0.664. The molecule has 0 bridgehead atoms. The standard InChI is InChI=1S/C15H23NO2/c1-10(2)13(17)15(4,5)14(18)16-12-8-6-11(3)7-9-12/h6-10,13,17H,1-5H3,(H,16,18)/t13-/m1/s1. The molecule has 1 amide bonds. The van der Waals surface area contributed by atoms with Gasteiger partial charge in [0.15, 0.2) is 0 Å². The highest BCUT2D eigenvalue weighted by Gasteiger charge is 2.37. The molecule has 0 unspecified atom stereocenters. The molecule has 18 heavy (non-hydrogen) atoms. The van der Waals surface area contributed by atoms with Crippen LogP contribution in [0, 0.1) is 18.3 Å². The van der Waals surface area contributed by atoms with Crippen molar-refractivity contribution in [1.82, 2.24) is 0 Å². The van der Waals surface area contributed by atoms with E-state index in [0.29, 0.717) is 0 Å². The molecule has 0 aliphatic heterocycles. The number of rotatable bonds is 4. The van der Waals surface area contributed by atoms with Gasteiger partial charge < -0.3 is 10.4 Å². The molecule has 2 N–H and O–H groups in total. The van der Waals surface area contributed by atoms with Gasteiger partial charge >= 0.3 is 0 Å². The fourth-order valence-corrected chi connectivity index (χ4v) is 1.90. The van der Waals surface area contributed by atoms with Crippen molar-refractivity contribution in [3.05, 3.63) is 29.8 Å². The van der Waals surface area contributed by atoms with Crippen molar-refractivity contribution in [2.45, 2.75) is 40.7 Å². The van der Waals surface area contributed by atoms with E-state index in [1.807, 2.05) is 45.0 Å². The Balaban J connectivity index is 2.78. The maximum Gasteiger partial charge on any atom is 0.232 e. The number of aliphatic hydroxyl groups excluding tert-OH is 1. The largest absolute Gasteiger partial charge is 0.392 e. The van der Waals surface area contributed by atoms with Crippen molar-refractivity contribution in [3.63, 3.8) is 0 Å². The van der Waals surface area contributed by atoms with Crippen LogP contribution in [0.1, 0.15) is 33.3 Å². The highest BCUT2D eigenvalue weighted by molar-refractivity contribution is 5.95. The minimum absolute atomic E-state index is 0.0452. The summed E-state index contributed by atoms with van der Waals surface area (Å²) in [6, 6.07) is 7.62. The Morgan fingerprint density at radius 1 is 1.22 bits per heavy atom. The smallest absolute Gasteiger partial charge is 0.232 e. The normalized spacial score (nSPS) is 13.5. The molecule has 1 aromatic carbocycles. The first-order chi connectivity index (χ1) is 8.25. The number of carbonyl (C=O) groups is 1. The number of hydrogen-bond acceptors (Lipinski definition) is 2. The average Bonchev–Trinajstić information content (AvgIpc) is 2.30. The van der Waals surface area contributed by atoms with Gasteiger partial charge in [0.05, 0.1) is 11.5 Å². The molecule has 0 saturated carbocycles. The van der Waals surface area contributed by atoms with Crippen molar-refractivity contribution in [1.29, 1.82) is 0 Å². The minimum Gasteiger partial charge on any atom is -0.392 e. The lowest BCUT2D eigenvalue weighted by Gasteiger charge is -2.31. The predicted molar refractivity (Wildman–Crippen MR) is 74.4 cm³/mol. The van der Waals surface area contributed by atoms with Crippen LogP contribution < -0.4 is 5.32 Å². The molecule has 3 heteroatoms. The highest BCUT2D eigenvalue weighted by atomic mass is 16.3. The predicted octanol–water partition coefficient (Wildman–Crippen LogP) is 2.98. The molecule has 1 aromatic rings. The Morgan fingerprint density at radius 2 is 1.72 bits per heavy atom. The summed E-state index contributed by atoms with van der Waals surface area (Å²) in [6.45, 7) is 9.34. The molecule has 0 radical (unpaired) electrons. The van der Waals surface area contributed by atoms with Gasteiger partial charge in [0, 0.05) is 5.69 Å². The number of aryl methyl sites for hydroxylation is 1. The Labute approximate surface area is 109 Å². The molecule has 1 atom stereocenters. The van der Waals surface area contributed by atoms with Gasteiger partial charge in [0.1, 0.15) is 0 Å². The van der Waals surface area contributed by atoms with Gasteiger partial charge in [0.2, 0.25) is 5.91 Å². The van der Waals surface area contributed by atoms with E-state index in [9.17, 15) is 9.90 Å². The number of amides is 1. The van der Waals surface area contributed by atoms with Crippen LogP contribution in [0.4, 0.5) is 5.69 Å². The number of carbonyl (C=O) groups excluding carboxylic acids is 1. The van der Waals surface area contributed by atoms with Gasteiger partial charge in [-0.1, -0.05) is 31.5 Å². The molecule has 0 fully saturated rings. The zero-order chi connectivity index (χ0) is 13.9. The molecule has 3 nitrogen and oxygen atoms in total. The second-order valence-corrected chi connectivity index (χ2v) is 5.73. The van der Waals surface area contributed by atoms with Crippen molar-refractivity contribution >= 4 is 11.6 Å². The Hall–Kier alpha value is -1.35. The van der Waals surface area contributed by atoms with E-state index in [4.69, 9.17) is 0 Å². The second kappa shape index (κ2) is 5.53. The molecule has 0 spiro atoms. The van der Waals surface area contributed by atoms with Crippen molar-refractivity contribution in [3.8, 4) is 0 Å². The third-order valence-electron chi connectivity index (χ3n) is 3.27. The van der Waals surface area contributed by atoms with E-state index in [-0.39, 0.29) is 11.8 Å². The van der Waals surface area contributed by atoms with E-state index >= 15 is 0 Å². The van der Waals surface area contributed by atoms with Crippen LogP contribution in [0.25, 0.3) is 0 Å². The topological polar surface area (TPSA) is 49.3 Å². The first-order valence-electron chi connectivity index (χ1n) is 6.31. The molecular weight excluding hydrogens is 226 g/mol. The quantitative estimate of drug-likeness (QED) is 0.862. The number of hydrogen-bond donors (Lipinski definition) is 2. The van der Waals surface area contributed by atoms with Crippen LogP contribution in [-0.2, 0) is 4.79 Å². The Bertz CT molecular complexity index is 407. The fourth-order valence-electron chi connectivity index (χ4n) is 1.90. The summed E-state index contributed by atoms with van der Waals surface area (Å²) in [5, 5.41) is 12.9. The Kier molecular flexibility index (Phi) is 4.52. The van der Waals surface area contributed by atoms with E-state index in [1.165, 1.54) is 0 Å². The monoisotopic (exact) mass is 249 g/mol. The fraction of sp³-hybridized carbons (Fsp3) is 0.533. The number of nitrogens with one attached hydrogen (secondary N) is 1. The van der Waals surface area contributed by atoms with Crippen molar-refractivity contribution in [2.24, 2.45) is 11.3 Å². The zero-order valence-electron chi connectivity index (χ0n) is 11.8. The average molecular weight is 249 g/mol. The first kappa shape index (κ1) is 14.7. The van der Waals surface area contributed by atoms with Crippen LogP contribution in [-0.4, -0.2) is 17.1 Å². The van der Waals surface area contributed by atoms with Crippen molar-refractivity contribution in [2.75, 3.05) is 5.32 Å². The first-order valence-corrected chi connectivity index (χ1v) is 6.31. The van der Waals surface area contributed by atoms with Crippen LogP contribution in [0.3, 0.4) is 0 Å². The third-order valence-corrected chi connectivity index (χ3v) is 3.27. The van der Waals surface area contributed by atoms with Crippen LogP contribution in [0.15, 0.2) is 24.3 Å². The summed E-state index contributed by atoms with van der Waals surface area (Å²) >= 11 is 0.